The molecule has 0 radical (unpaired) electrons. The van der Waals surface area contributed by atoms with Gasteiger partial charge in [-0.2, -0.15) is 0 Å². The van der Waals surface area contributed by atoms with E-state index in [-0.39, 0.29) is 24.8 Å². The third-order valence-electron chi connectivity index (χ3n) is 2.88. The minimum atomic E-state index is -0.641. The third-order valence-corrected chi connectivity index (χ3v) is 2.88. The lowest BCUT2D eigenvalue weighted by Gasteiger charge is -2.19. The predicted octanol–water partition coefficient (Wildman–Crippen LogP) is 0.767. The molecule has 1 atom stereocenters. The third kappa shape index (κ3) is 6.03. The molecular weight excluding hydrogens is 272 g/mol. The van der Waals surface area contributed by atoms with Crippen LogP contribution in [0, 0.1) is 0 Å². The molecule has 116 valence electrons. The topological polar surface area (TPSA) is 78.9 Å². The van der Waals surface area contributed by atoms with E-state index in [2.05, 4.69) is 5.32 Å². The number of rotatable bonds is 8. The van der Waals surface area contributed by atoms with E-state index < -0.39 is 6.10 Å². The highest BCUT2D eigenvalue weighted by molar-refractivity contribution is 6.04. The standard InChI is InChI=1S/C15H22N2O4/c1-11(18)13-6-4-5-7-14(13)16-15(20)9-17(2)8-12(19)10-21-3/h4-7,12,19H,8-10H2,1-3H3,(H,16,20). The summed E-state index contributed by atoms with van der Waals surface area (Å²) < 4.78 is 4.83. The Morgan fingerprint density at radius 1 is 1.38 bits per heavy atom. The van der Waals surface area contributed by atoms with Crippen molar-refractivity contribution in [1.29, 1.82) is 0 Å². The van der Waals surface area contributed by atoms with Gasteiger partial charge in [0, 0.05) is 19.2 Å². The average molecular weight is 294 g/mol. The molecule has 0 aliphatic rings. The highest BCUT2D eigenvalue weighted by atomic mass is 16.5. The maximum absolute atomic E-state index is 12.0. The Morgan fingerprint density at radius 2 is 2.05 bits per heavy atom. The molecule has 1 amide bonds. The summed E-state index contributed by atoms with van der Waals surface area (Å²) in [6.07, 6.45) is -0.641. The summed E-state index contributed by atoms with van der Waals surface area (Å²) in [5, 5.41) is 12.3. The molecule has 1 aromatic rings. The minimum Gasteiger partial charge on any atom is -0.389 e. The molecule has 21 heavy (non-hydrogen) atoms. The number of aliphatic hydroxyl groups is 1. The number of Topliss-reactive ketones (excluding diaryl/α,β-unsaturated/α-hetero) is 1. The van der Waals surface area contributed by atoms with Gasteiger partial charge in [-0.15, -0.1) is 0 Å². The van der Waals surface area contributed by atoms with Crippen LogP contribution in [0.5, 0.6) is 0 Å². The number of para-hydroxylation sites is 1. The van der Waals surface area contributed by atoms with E-state index in [0.29, 0.717) is 17.8 Å². The highest BCUT2D eigenvalue weighted by Crippen LogP contribution is 2.15. The fourth-order valence-corrected chi connectivity index (χ4v) is 2.00. The Kier molecular flexibility index (Phi) is 7.01. The Labute approximate surface area is 124 Å². The van der Waals surface area contributed by atoms with Gasteiger partial charge in [0.05, 0.1) is 24.9 Å². The van der Waals surface area contributed by atoms with Gasteiger partial charge < -0.3 is 15.2 Å². The summed E-state index contributed by atoms with van der Waals surface area (Å²) in [5.41, 5.74) is 0.980. The van der Waals surface area contributed by atoms with Crippen molar-refractivity contribution in [3.05, 3.63) is 29.8 Å². The lowest BCUT2D eigenvalue weighted by Crippen LogP contribution is -2.37. The van der Waals surface area contributed by atoms with Gasteiger partial charge in [0.2, 0.25) is 5.91 Å². The maximum Gasteiger partial charge on any atom is 0.238 e. The minimum absolute atomic E-state index is 0.102. The van der Waals surface area contributed by atoms with Crippen molar-refractivity contribution < 1.29 is 19.4 Å². The molecule has 2 N–H and O–H groups in total. The van der Waals surface area contributed by atoms with Gasteiger partial charge in [0.15, 0.2) is 5.78 Å². The molecule has 1 aromatic carbocycles. The Bertz CT molecular complexity index is 490. The number of methoxy groups -OCH3 is 1. The van der Waals surface area contributed by atoms with Crippen molar-refractivity contribution in [3.63, 3.8) is 0 Å². The van der Waals surface area contributed by atoms with E-state index in [1.54, 1.807) is 36.2 Å². The molecule has 6 nitrogen and oxygen atoms in total. The second-order valence-corrected chi connectivity index (χ2v) is 4.96. The molecule has 0 aliphatic heterocycles. The van der Waals surface area contributed by atoms with Crippen molar-refractivity contribution in [3.8, 4) is 0 Å². The second-order valence-electron chi connectivity index (χ2n) is 4.96. The molecule has 0 saturated carbocycles. The number of nitrogens with zero attached hydrogens (tertiary/aromatic N) is 1. The maximum atomic E-state index is 12.0. The zero-order chi connectivity index (χ0) is 15.8. The number of ketones is 1. The number of nitrogens with one attached hydrogen (secondary N) is 1. The number of anilines is 1. The molecular formula is C15H22N2O4. The Balaban J connectivity index is 2.56. The van der Waals surface area contributed by atoms with Gasteiger partial charge in [-0.3, -0.25) is 14.5 Å². The molecule has 0 saturated heterocycles. The van der Waals surface area contributed by atoms with Crippen molar-refractivity contribution in [1.82, 2.24) is 4.90 Å². The van der Waals surface area contributed by atoms with E-state index in [9.17, 15) is 14.7 Å². The van der Waals surface area contributed by atoms with Gasteiger partial charge in [-0.05, 0) is 26.1 Å². The number of benzene rings is 1. The number of carbonyl (C=O) groups is 2. The molecule has 0 bridgehead atoms. The van der Waals surface area contributed by atoms with Gasteiger partial charge in [0.1, 0.15) is 0 Å². The van der Waals surface area contributed by atoms with E-state index >= 15 is 0 Å². The largest absolute Gasteiger partial charge is 0.389 e. The molecule has 0 heterocycles. The van der Waals surface area contributed by atoms with Crippen LogP contribution in [0.4, 0.5) is 5.69 Å². The second kappa shape index (κ2) is 8.51. The summed E-state index contributed by atoms with van der Waals surface area (Å²) in [5.74, 6) is -0.342. The van der Waals surface area contributed by atoms with Crippen LogP contribution in [-0.2, 0) is 9.53 Å². The normalized spacial score (nSPS) is 12.2. The van der Waals surface area contributed by atoms with Crippen LogP contribution in [0.1, 0.15) is 17.3 Å². The van der Waals surface area contributed by atoms with Crippen LogP contribution in [0.3, 0.4) is 0 Å². The van der Waals surface area contributed by atoms with E-state index in [1.807, 2.05) is 0 Å². The van der Waals surface area contributed by atoms with Crippen LogP contribution >= 0.6 is 0 Å². The van der Waals surface area contributed by atoms with E-state index in [1.165, 1.54) is 14.0 Å². The van der Waals surface area contributed by atoms with Crippen molar-refractivity contribution in [2.24, 2.45) is 0 Å². The van der Waals surface area contributed by atoms with Gasteiger partial charge in [0.25, 0.3) is 0 Å². The number of ether oxygens (including phenoxy) is 1. The number of hydrogen-bond donors (Lipinski definition) is 2. The monoisotopic (exact) mass is 294 g/mol. The smallest absolute Gasteiger partial charge is 0.238 e. The van der Waals surface area contributed by atoms with Crippen molar-refractivity contribution in [2.45, 2.75) is 13.0 Å². The van der Waals surface area contributed by atoms with Gasteiger partial charge in [-0.1, -0.05) is 12.1 Å². The summed E-state index contributed by atoms with van der Waals surface area (Å²) >= 11 is 0. The lowest BCUT2D eigenvalue weighted by molar-refractivity contribution is -0.117. The molecule has 6 heteroatoms. The molecule has 0 spiro atoms. The first-order chi connectivity index (χ1) is 9.93. The van der Waals surface area contributed by atoms with Crippen molar-refractivity contribution in [2.75, 3.05) is 39.2 Å². The summed E-state index contributed by atoms with van der Waals surface area (Å²) in [7, 11) is 3.24. The fraction of sp³-hybridized carbons (Fsp3) is 0.467. The summed E-state index contributed by atoms with van der Waals surface area (Å²) in [6, 6.07) is 6.87. The van der Waals surface area contributed by atoms with Crippen molar-refractivity contribution >= 4 is 17.4 Å². The first-order valence-corrected chi connectivity index (χ1v) is 6.69. The molecule has 0 aliphatic carbocycles. The van der Waals surface area contributed by atoms with E-state index in [0.717, 1.165) is 0 Å². The Morgan fingerprint density at radius 3 is 2.67 bits per heavy atom. The number of hydrogen-bond acceptors (Lipinski definition) is 5. The van der Waals surface area contributed by atoms with Crippen LogP contribution in [0.15, 0.2) is 24.3 Å². The molecule has 0 aromatic heterocycles. The highest BCUT2D eigenvalue weighted by Gasteiger charge is 2.13. The summed E-state index contributed by atoms with van der Waals surface area (Å²) in [6.45, 7) is 2.12. The zero-order valence-corrected chi connectivity index (χ0v) is 12.6. The van der Waals surface area contributed by atoms with E-state index in [4.69, 9.17) is 4.74 Å². The zero-order valence-electron chi connectivity index (χ0n) is 12.6. The van der Waals surface area contributed by atoms with Crippen LogP contribution in [0.2, 0.25) is 0 Å². The number of likely N-dealkylation sites (N-methyl/N-ethyl adjacent to an activating group) is 1. The Hall–Kier alpha value is -1.76. The molecule has 1 unspecified atom stereocenters. The van der Waals surface area contributed by atoms with Crippen LogP contribution in [-0.4, -0.2) is 61.7 Å². The first-order valence-electron chi connectivity index (χ1n) is 6.69. The molecule has 0 fully saturated rings. The number of aliphatic hydroxyl groups excluding tert-OH is 1. The number of carbonyl (C=O) groups excluding carboxylic acids is 2. The van der Waals surface area contributed by atoms with Gasteiger partial charge >= 0.3 is 0 Å². The van der Waals surface area contributed by atoms with Crippen LogP contribution < -0.4 is 5.32 Å². The predicted molar refractivity (Wildman–Crippen MR) is 80.5 cm³/mol. The summed E-state index contributed by atoms with van der Waals surface area (Å²) in [4.78, 5) is 25.1. The average Bonchev–Trinajstić information content (AvgIpc) is 2.38. The SMILES string of the molecule is COCC(O)CN(C)CC(=O)Nc1ccccc1C(C)=O. The van der Waals surface area contributed by atoms with Gasteiger partial charge in [-0.25, -0.2) is 0 Å². The first kappa shape index (κ1) is 17.3. The lowest BCUT2D eigenvalue weighted by atomic mass is 10.1. The number of amides is 1. The fourth-order valence-electron chi connectivity index (χ4n) is 2.00. The quantitative estimate of drug-likeness (QED) is 0.692. The van der Waals surface area contributed by atoms with Crippen LogP contribution in [0.25, 0.3) is 0 Å². The molecule has 1 rings (SSSR count).